The number of nitrogens with zero attached hydrogens (tertiary/aromatic N) is 3. The molecule has 6 nitrogen and oxygen atoms in total. The molecule has 0 aliphatic carbocycles. The van der Waals surface area contributed by atoms with Gasteiger partial charge in [-0.15, -0.1) is 0 Å². The van der Waals surface area contributed by atoms with Crippen molar-refractivity contribution >= 4 is 10.0 Å². The Labute approximate surface area is 110 Å². The molecule has 0 unspecified atom stereocenters. The largest absolute Gasteiger partial charge is 0.395 e. The van der Waals surface area contributed by atoms with Crippen molar-refractivity contribution < 1.29 is 22.3 Å². The van der Waals surface area contributed by atoms with Crippen molar-refractivity contribution in [3.05, 3.63) is 12.0 Å². The van der Waals surface area contributed by atoms with Gasteiger partial charge in [0.05, 0.1) is 13.2 Å². The standard InChI is InChI=1S/C10H17F2N3O3S/c1-3-14-7-10(13-8(14)2)19(17,18)15(4-5-16)6-9(11)12/h7,9,16H,3-6H2,1-2H3. The average Bonchev–Trinajstić information content (AvgIpc) is 2.70. The lowest BCUT2D eigenvalue weighted by molar-refractivity contribution is 0.113. The van der Waals surface area contributed by atoms with Crippen molar-refractivity contribution in [2.45, 2.75) is 31.8 Å². The van der Waals surface area contributed by atoms with Crippen molar-refractivity contribution in [3.63, 3.8) is 0 Å². The molecule has 0 bridgehead atoms. The molecule has 0 fully saturated rings. The number of alkyl halides is 2. The van der Waals surface area contributed by atoms with Crippen molar-refractivity contribution in [1.29, 1.82) is 0 Å². The second-order valence-electron chi connectivity index (χ2n) is 3.89. The number of aromatic nitrogens is 2. The molecule has 1 N–H and O–H groups in total. The Hall–Kier alpha value is -1.06. The van der Waals surface area contributed by atoms with Gasteiger partial charge in [-0.05, 0) is 13.8 Å². The zero-order valence-electron chi connectivity index (χ0n) is 10.8. The molecule has 110 valence electrons. The van der Waals surface area contributed by atoms with E-state index in [9.17, 15) is 17.2 Å². The third-order valence-electron chi connectivity index (χ3n) is 2.59. The number of aliphatic hydroxyl groups is 1. The number of aryl methyl sites for hydroxylation is 2. The van der Waals surface area contributed by atoms with E-state index in [2.05, 4.69) is 4.98 Å². The second kappa shape index (κ2) is 6.40. The predicted octanol–water partition coefficient (Wildman–Crippen LogP) is 0.460. The maximum atomic E-state index is 12.4. The number of sulfonamides is 1. The minimum Gasteiger partial charge on any atom is -0.395 e. The molecule has 0 spiro atoms. The van der Waals surface area contributed by atoms with Gasteiger partial charge in [-0.3, -0.25) is 0 Å². The molecule has 0 saturated heterocycles. The van der Waals surface area contributed by atoms with Crippen LogP contribution in [0.4, 0.5) is 8.78 Å². The number of hydrogen-bond donors (Lipinski definition) is 1. The molecular formula is C10H17F2N3O3S. The third kappa shape index (κ3) is 3.71. The number of imidazole rings is 1. The topological polar surface area (TPSA) is 75.4 Å². The molecule has 0 saturated carbocycles. The van der Waals surface area contributed by atoms with Gasteiger partial charge in [0.15, 0.2) is 5.03 Å². The van der Waals surface area contributed by atoms with Gasteiger partial charge in [-0.2, -0.15) is 4.31 Å². The van der Waals surface area contributed by atoms with Crippen LogP contribution in [0.2, 0.25) is 0 Å². The van der Waals surface area contributed by atoms with Gasteiger partial charge in [-0.25, -0.2) is 22.2 Å². The summed E-state index contributed by atoms with van der Waals surface area (Å²) in [5, 5.41) is 8.51. The van der Waals surface area contributed by atoms with E-state index in [1.807, 2.05) is 6.92 Å². The number of hydrogen-bond acceptors (Lipinski definition) is 4. The van der Waals surface area contributed by atoms with Crippen LogP contribution in [0.5, 0.6) is 0 Å². The summed E-state index contributed by atoms with van der Waals surface area (Å²) in [6, 6.07) is 0. The first-order valence-corrected chi connectivity index (χ1v) is 7.19. The molecule has 0 radical (unpaired) electrons. The predicted molar refractivity (Wildman–Crippen MR) is 64.5 cm³/mol. The molecule has 0 aliphatic heterocycles. The summed E-state index contributed by atoms with van der Waals surface area (Å²) < 4.78 is 51.2. The summed E-state index contributed by atoms with van der Waals surface area (Å²) in [4.78, 5) is 3.87. The first kappa shape index (κ1) is 16.0. The number of aliphatic hydroxyl groups excluding tert-OH is 1. The zero-order chi connectivity index (χ0) is 14.6. The van der Waals surface area contributed by atoms with Crippen LogP contribution in [0.15, 0.2) is 11.2 Å². The highest BCUT2D eigenvalue weighted by Crippen LogP contribution is 2.16. The fourth-order valence-corrected chi connectivity index (χ4v) is 3.03. The lowest BCUT2D eigenvalue weighted by Gasteiger charge is -2.19. The van der Waals surface area contributed by atoms with E-state index in [4.69, 9.17) is 5.11 Å². The lowest BCUT2D eigenvalue weighted by Crippen LogP contribution is -2.37. The first-order chi connectivity index (χ1) is 8.82. The summed E-state index contributed by atoms with van der Waals surface area (Å²) in [5.41, 5.74) is 0. The molecule has 1 heterocycles. The van der Waals surface area contributed by atoms with E-state index in [1.54, 1.807) is 11.5 Å². The van der Waals surface area contributed by atoms with Crippen LogP contribution >= 0.6 is 0 Å². The number of halogens is 2. The average molecular weight is 297 g/mol. The van der Waals surface area contributed by atoms with Crippen LogP contribution in [0.1, 0.15) is 12.7 Å². The molecule has 0 aliphatic rings. The van der Waals surface area contributed by atoms with Crippen molar-refractivity contribution in [1.82, 2.24) is 13.9 Å². The van der Waals surface area contributed by atoms with Gasteiger partial charge in [-0.1, -0.05) is 0 Å². The summed E-state index contributed by atoms with van der Waals surface area (Å²) in [5.74, 6) is 0.488. The first-order valence-electron chi connectivity index (χ1n) is 5.75. The van der Waals surface area contributed by atoms with Gasteiger partial charge >= 0.3 is 0 Å². The smallest absolute Gasteiger partial charge is 0.262 e. The summed E-state index contributed by atoms with van der Waals surface area (Å²) in [6.45, 7) is 2.11. The Balaban J connectivity index is 3.10. The minimum absolute atomic E-state index is 0.277. The van der Waals surface area contributed by atoms with E-state index in [1.165, 1.54) is 6.20 Å². The van der Waals surface area contributed by atoms with Gasteiger partial charge in [0.1, 0.15) is 5.82 Å². The number of rotatable bonds is 7. The van der Waals surface area contributed by atoms with Crippen molar-refractivity contribution in [2.24, 2.45) is 0 Å². The molecule has 0 aromatic carbocycles. The van der Waals surface area contributed by atoms with Crippen LogP contribution < -0.4 is 0 Å². The van der Waals surface area contributed by atoms with E-state index >= 15 is 0 Å². The maximum absolute atomic E-state index is 12.4. The third-order valence-corrected chi connectivity index (χ3v) is 4.33. The lowest BCUT2D eigenvalue weighted by atomic mass is 10.6. The maximum Gasteiger partial charge on any atom is 0.262 e. The van der Waals surface area contributed by atoms with Gasteiger partial charge in [0.2, 0.25) is 0 Å². The van der Waals surface area contributed by atoms with Crippen LogP contribution in [0.25, 0.3) is 0 Å². The Kier molecular flexibility index (Phi) is 5.39. The minimum atomic E-state index is -4.11. The molecule has 0 atom stereocenters. The normalized spacial score (nSPS) is 12.6. The molecule has 19 heavy (non-hydrogen) atoms. The van der Waals surface area contributed by atoms with Crippen molar-refractivity contribution in [3.8, 4) is 0 Å². The Bertz CT molecular complexity index is 516. The van der Waals surface area contributed by atoms with E-state index in [0.717, 1.165) is 0 Å². The molecule has 1 rings (SSSR count). The van der Waals surface area contributed by atoms with Crippen LogP contribution in [0.3, 0.4) is 0 Å². The summed E-state index contributed by atoms with van der Waals surface area (Å²) in [6.07, 6.45) is -1.50. The van der Waals surface area contributed by atoms with E-state index in [0.29, 0.717) is 16.7 Å². The summed E-state index contributed by atoms with van der Waals surface area (Å²) >= 11 is 0. The zero-order valence-corrected chi connectivity index (χ0v) is 11.6. The highest BCUT2D eigenvalue weighted by molar-refractivity contribution is 7.89. The van der Waals surface area contributed by atoms with E-state index in [-0.39, 0.29) is 11.6 Å². The second-order valence-corrected chi connectivity index (χ2v) is 5.77. The summed E-state index contributed by atoms with van der Waals surface area (Å²) in [7, 11) is -4.11. The molecule has 1 aromatic rings. The fraction of sp³-hybridized carbons (Fsp3) is 0.700. The van der Waals surface area contributed by atoms with Crippen LogP contribution in [-0.4, -0.2) is 53.5 Å². The molecule has 1 aromatic heterocycles. The van der Waals surface area contributed by atoms with Crippen LogP contribution in [0, 0.1) is 6.92 Å². The molecule has 0 amide bonds. The Morgan fingerprint density at radius 2 is 2.16 bits per heavy atom. The Morgan fingerprint density at radius 1 is 1.53 bits per heavy atom. The van der Waals surface area contributed by atoms with Gasteiger partial charge in [0, 0.05) is 19.3 Å². The fourth-order valence-electron chi connectivity index (χ4n) is 1.63. The van der Waals surface area contributed by atoms with E-state index < -0.39 is 29.6 Å². The van der Waals surface area contributed by atoms with Crippen molar-refractivity contribution in [2.75, 3.05) is 19.7 Å². The van der Waals surface area contributed by atoms with Gasteiger partial charge < -0.3 is 9.67 Å². The highest BCUT2D eigenvalue weighted by atomic mass is 32.2. The highest BCUT2D eigenvalue weighted by Gasteiger charge is 2.29. The van der Waals surface area contributed by atoms with Crippen LogP contribution in [-0.2, 0) is 16.6 Å². The molecular weight excluding hydrogens is 280 g/mol. The molecule has 9 heteroatoms. The Morgan fingerprint density at radius 3 is 2.58 bits per heavy atom. The monoisotopic (exact) mass is 297 g/mol. The van der Waals surface area contributed by atoms with Gasteiger partial charge in [0.25, 0.3) is 16.4 Å². The SMILES string of the molecule is CCn1cc(S(=O)(=O)N(CCO)CC(F)F)nc1C. The quantitative estimate of drug-likeness (QED) is 0.793.